The fraction of sp³-hybridized carbons (Fsp3) is 1.00. The Bertz CT molecular complexity index is 83.7. The summed E-state index contributed by atoms with van der Waals surface area (Å²) < 4.78 is 10.5. The molecular weight excluding hydrogens is 115 g/mol. The first-order chi connectivity index (χ1) is 3.12. The second-order valence-electron chi connectivity index (χ2n) is 1.18. The van der Waals surface area contributed by atoms with Gasteiger partial charge in [-0.05, 0) is 0 Å². The van der Waals surface area contributed by atoms with E-state index in [2.05, 4.69) is 0 Å². The molecule has 0 aliphatic rings. The third kappa shape index (κ3) is 2.73. The van der Waals surface area contributed by atoms with E-state index in [0.29, 0.717) is 0 Å². The van der Waals surface area contributed by atoms with E-state index in [4.69, 9.17) is 11.7 Å². The van der Waals surface area contributed by atoms with Gasteiger partial charge in [0.1, 0.15) is 0 Å². The summed E-state index contributed by atoms with van der Waals surface area (Å²) in [6.07, 6.45) is 0. The summed E-state index contributed by atoms with van der Waals surface area (Å²) in [5.41, 5.74) is 0. The largest absolute Gasteiger partial charge is 0.287 e. The molecule has 0 aromatic heterocycles. The van der Waals surface area contributed by atoms with Crippen LogP contribution in [0.3, 0.4) is 0 Å². The van der Waals surface area contributed by atoms with Gasteiger partial charge in [0, 0.05) is 6.66 Å². The predicted octanol–water partition coefficient (Wildman–Crippen LogP) is -1.26. The number of hydrogen-bond acceptors (Lipinski definition) is 3. The molecule has 0 aliphatic carbocycles. The minimum Gasteiger partial charge on any atom is -0.287 e. The Morgan fingerprint density at radius 3 is 1.71 bits per heavy atom. The maximum atomic E-state index is 10.5. The molecule has 6 N–H and O–H groups in total. The lowest BCUT2D eigenvalue weighted by Crippen LogP contribution is -2.30. The zero-order valence-corrected chi connectivity index (χ0v) is 4.90. The van der Waals surface area contributed by atoms with Gasteiger partial charge in [0.05, 0.1) is 0 Å². The molecule has 0 saturated heterocycles. The van der Waals surface area contributed by atoms with Crippen LogP contribution in [0.25, 0.3) is 0 Å². The second kappa shape index (κ2) is 2.40. The van der Waals surface area contributed by atoms with Crippen molar-refractivity contribution >= 4 is 7.44 Å². The van der Waals surface area contributed by atoms with Crippen molar-refractivity contribution in [1.82, 2.24) is 10.4 Å². The fourth-order valence-corrected chi connectivity index (χ4v) is 0.112. The van der Waals surface area contributed by atoms with Crippen LogP contribution in [-0.4, -0.2) is 6.66 Å². The minimum atomic E-state index is -2.60. The van der Waals surface area contributed by atoms with Crippen molar-refractivity contribution in [3.05, 3.63) is 0 Å². The van der Waals surface area contributed by atoms with Crippen molar-refractivity contribution in [2.45, 2.75) is 0 Å². The lowest BCUT2D eigenvalue weighted by molar-refractivity contribution is 0.561. The van der Waals surface area contributed by atoms with Gasteiger partial charge in [-0.2, -0.15) is 10.4 Å². The number of rotatable bonds is 2. The first-order valence-electron chi connectivity index (χ1n) is 1.65. The van der Waals surface area contributed by atoms with Crippen LogP contribution in [0.2, 0.25) is 0 Å². The normalized spacial score (nSPS) is 11.9. The van der Waals surface area contributed by atoms with Gasteiger partial charge in [-0.1, -0.05) is 0 Å². The van der Waals surface area contributed by atoms with Crippen LogP contribution >= 0.6 is 7.44 Å². The topological polar surface area (TPSA) is 93.2 Å². The van der Waals surface area contributed by atoms with Gasteiger partial charge < -0.3 is 0 Å². The smallest absolute Gasteiger partial charge is 0.233 e. The van der Waals surface area contributed by atoms with Crippen LogP contribution in [0.4, 0.5) is 0 Å². The lowest BCUT2D eigenvalue weighted by Gasteiger charge is -2.06. The maximum absolute atomic E-state index is 10.5. The molecule has 0 amide bonds. The highest BCUT2D eigenvalue weighted by molar-refractivity contribution is 7.58. The molecule has 44 valence electrons. The van der Waals surface area contributed by atoms with E-state index >= 15 is 0 Å². The van der Waals surface area contributed by atoms with Crippen LogP contribution in [0.15, 0.2) is 0 Å². The van der Waals surface area contributed by atoms with Gasteiger partial charge >= 0.3 is 0 Å². The molecule has 0 aromatic rings. The number of hydrogen-bond donors (Lipinski definition) is 4. The molecule has 0 radical (unpaired) electrons. The number of nitrogens with one attached hydrogen (secondary N) is 2. The molecule has 0 aromatic carbocycles. The van der Waals surface area contributed by atoms with Crippen molar-refractivity contribution in [3.63, 3.8) is 0 Å². The Kier molecular flexibility index (Phi) is 2.42. The summed E-state index contributed by atoms with van der Waals surface area (Å²) in [5.74, 6) is 9.52. The van der Waals surface area contributed by atoms with Gasteiger partial charge in [-0.25, -0.2) is 0 Å². The summed E-state index contributed by atoms with van der Waals surface area (Å²) in [7, 11) is -2.60. The zero-order valence-electron chi connectivity index (χ0n) is 4.01. The Balaban J connectivity index is 3.61. The molecule has 0 spiro atoms. The van der Waals surface area contributed by atoms with Crippen LogP contribution in [0.5, 0.6) is 0 Å². The van der Waals surface area contributed by atoms with Crippen LogP contribution < -0.4 is 22.1 Å². The third-order valence-corrected chi connectivity index (χ3v) is 1.48. The molecule has 5 nitrogen and oxygen atoms in total. The Morgan fingerprint density at radius 1 is 1.43 bits per heavy atom. The van der Waals surface area contributed by atoms with Crippen molar-refractivity contribution in [1.29, 1.82) is 0 Å². The van der Waals surface area contributed by atoms with Crippen LogP contribution in [-0.2, 0) is 4.57 Å². The Morgan fingerprint density at radius 2 is 1.71 bits per heavy atom. The van der Waals surface area contributed by atoms with Crippen molar-refractivity contribution in [3.8, 4) is 0 Å². The Hall–Kier alpha value is 0.0700. The first kappa shape index (κ1) is 7.07. The van der Waals surface area contributed by atoms with E-state index in [0.717, 1.165) is 0 Å². The van der Waals surface area contributed by atoms with Gasteiger partial charge in [0.25, 0.3) is 0 Å². The van der Waals surface area contributed by atoms with Gasteiger partial charge in [0.15, 0.2) is 0 Å². The highest BCUT2D eigenvalue weighted by Crippen LogP contribution is 2.24. The third-order valence-electron chi connectivity index (χ3n) is 0.493. The quantitative estimate of drug-likeness (QED) is 0.209. The molecule has 0 heterocycles. The van der Waals surface area contributed by atoms with Crippen molar-refractivity contribution in [2.24, 2.45) is 11.7 Å². The molecule has 0 unspecified atom stereocenters. The highest BCUT2D eigenvalue weighted by atomic mass is 31.2. The molecule has 0 bridgehead atoms. The summed E-state index contributed by atoms with van der Waals surface area (Å²) in [5, 5.41) is 4.02. The summed E-state index contributed by atoms with van der Waals surface area (Å²) in [6.45, 7) is 1.38. The van der Waals surface area contributed by atoms with Crippen LogP contribution in [0, 0.1) is 0 Å². The second-order valence-corrected chi connectivity index (χ2v) is 3.55. The van der Waals surface area contributed by atoms with Gasteiger partial charge in [0.2, 0.25) is 7.44 Å². The molecule has 0 rings (SSSR count). The van der Waals surface area contributed by atoms with E-state index in [1.54, 1.807) is 0 Å². The summed E-state index contributed by atoms with van der Waals surface area (Å²) in [6, 6.07) is 0. The van der Waals surface area contributed by atoms with Gasteiger partial charge in [-0.3, -0.25) is 16.3 Å². The fourth-order valence-electron chi connectivity index (χ4n) is 0.0373. The standard InChI is InChI=1S/CH9N4OP/c1-7(6,4-2)5-3/h2-3H2,1H3,(H2,4,5,6). The van der Waals surface area contributed by atoms with Crippen LogP contribution in [0.1, 0.15) is 0 Å². The molecule has 0 aliphatic heterocycles. The molecule has 0 fully saturated rings. The van der Waals surface area contributed by atoms with E-state index in [-0.39, 0.29) is 0 Å². The van der Waals surface area contributed by atoms with Crippen molar-refractivity contribution < 1.29 is 4.57 Å². The van der Waals surface area contributed by atoms with Gasteiger partial charge in [-0.15, -0.1) is 0 Å². The molecule has 7 heavy (non-hydrogen) atoms. The van der Waals surface area contributed by atoms with E-state index < -0.39 is 7.44 Å². The lowest BCUT2D eigenvalue weighted by atomic mass is 12.0. The average molecular weight is 124 g/mol. The molecular formula is CH9N4OP. The number of hydrazine groups is 2. The molecule has 0 saturated carbocycles. The molecule has 6 heteroatoms. The van der Waals surface area contributed by atoms with E-state index in [1.807, 2.05) is 10.4 Å². The highest BCUT2D eigenvalue weighted by Gasteiger charge is 2.05. The SMILES string of the molecule is CP(=O)(NN)NN. The number of nitrogens with two attached hydrogens (primary N) is 2. The zero-order chi connectivity index (χ0) is 5.91. The maximum Gasteiger partial charge on any atom is 0.233 e. The first-order valence-corrected chi connectivity index (χ1v) is 3.81. The van der Waals surface area contributed by atoms with Crippen molar-refractivity contribution in [2.75, 3.05) is 6.66 Å². The van der Waals surface area contributed by atoms with E-state index in [1.165, 1.54) is 6.66 Å². The summed E-state index contributed by atoms with van der Waals surface area (Å²) in [4.78, 5) is 0. The summed E-state index contributed by atoms with van der Waals surface area (Å²) >= 11 is 0. The average Bonchev–Trinajstić information content (AvgIpc) is 1.68. The minimum absolute atomic E-state index is 1.38. The molecule has 0 atom stereocenters. The monoisotopic (exact) mass is 124 g/mol. The predicted molar refractivity (Wildman–Crippen MR) is 28.2 cm³/mol. The van der Waals surface area contributed by atoms with E-state index in [9.17, 15) is 4.57 Å². The Labute approximate surface area is 41.9 Å².